The van der Waals surface area contributed by atoms with E-state index in [1.54, 1.807) is 11.8 Å². The highest BCUT2D eigenvalue weighted by molar-refractivity contribution is 7.17. The number of carbonyl (C=O) groups is 1. The van der Waals surface area contributed by atoms with Gasteiger partial charge in [-0.05, 0) is 51.7 Å². The highest BCUT2D eigenvalue weighted by atomic mass is 32.1. The summed E-state index contributed by atoms with van der Waals surface area (Å²) in [4.78, 5) is 21.8. The number of benzene rings is 1. The number of alkyl halides is 3. The Labute approximate surface area is 166 Å². The Morgan fingerprint density at radius 2 is 1.79 bits per heavy atom. The number of aryl methyl sites for hydroxylation is 1. The highest BCUT2D eigenvalue weighted by Gasteiger charge is 2.31. The average molecular weight is 415 g/mol. The van der Waals surface area contributed by atoms with Crippen LogP contribution in [0.4, 0.5) is 13.2 Å². The van der Waals surface area contributed by atoms with Crippen LogP contribution in [0.3, 0.4) is 0 Å². The molecule has 0 radical (unpaired) electrons. The number of aromatic nitrogens is 1. The molecule has 1 aromatic carbocycles. The van der Waals surface area contributed by atoms with Crippen LogP contribution in [0.5, 0.6) is 5.75 Å². The molecule has 0 fully saturated rings. The standard InChI is InChI=1S/C19H24F3N3O2S/c1-5-24(4)11-12-25(6-2)18(26)16-13(3)23-17(28-16)14-7-9-15(10-8-14)27-19(20,21)22/h7-10H,5-6,11-12H2,1-4H3. The first kappa shape index (κ1) is 22.2. The first-order valence-corrected chi connectivity index (χ1v) is 9.77. The van der Waals surface area contributed by atoms with Gasteiger partial charge < -0.3 is 14.5 Å². The van der Waals surface area contributed by atoms with Crippen molar-refractivity contribution in [1.82, 2.24) is 14.8 Å². The van der Waals surface area contributed by atoms with Crippen LogP contribution in [0.25, 0.3) is 10.6 Å². The zero-order valence-corrected chi connectivity index (χ0v) is 17.2. The number of thiazole rings is 1. The van der Waals surface area contributed by atoms with Crippen LogP contribution < -0.4 is 4.74 Å². The van der Waals surface area contributed by atoms with E-state index in [-0.39, 0.29) is 11.7 Å². The van der Waals surface area contributed by atoms with Crippen molar-refractivity contribution in [3.63, 3.8) is 0 Å². The molecule has 1 heterocycles. The minimum Gasteiger partial charge on any atom is -0.406 e. The van der Waals surface area contributed by atoms with Gasteiger partial charge in [-0.3, -0.25) is 4.79 Å². The van der Waals surface area contributed by atoms with Gasteiger partial charge in [0.25, 0.3) is 5.91 Å². The quantitative estimate of drug-likeness (QED) is 0.640. The molecule has 5 nitrogen and oxygen atoms in total. The molecule has 0 aliphatic heterocycles. The maximum Gasteiger partial charge on any atom is 0.573 e. The molecule has 0 saturated heterocycles. The Balaban J connectivity index is 2.16. The van der Waals surface area contributed by atoms with E-state index in [1.165, 1.54) is 35.6 Å². The summed E-state index contributed by atoms with van der Waals surface area (Å²) < 4.78 is 40.7. The lowest BCUT2D eigenvalue weighted by Crippen LogP contribution is -2.37. The lowest BCUT2D eigenvalue weighted by molar-refractivity contribution is -0.274. The molecular formula is C19H24F3N3O2S. The van der Waals surface area contributed by atoms with Crippen molar-refractivity contribution in [2.24, 2.45) is 0 Å². The summed E-state index contributed by atoms with van der Waals surface area (Å²) in [5.41, 5.74) is 1.25. The van der Waals surface area contributed by atoms with Gasteiger partial charge in [-0.1, -0.05) is 6.92 Å². The summed E-state index contributed by atoms with van der Waals surface area (Å²) >= 11 is 1.24. The number of amides is 1. The van der Waals surface area contributed by atoms with Crippen LogP contribution in [-0.4, -0.2) is 60.3 Å². The molecule has 0 bridgehead atoms. The first-order chi connectivity index (χ1) is 13.1. The van der Waals surface area contributed by atoms with Crippen molar-refractivity contribution in [3.05, 3.63) is 34.8 Å². The molecule has 28 heavy (non-hydrogen) atoms. The molecule has 0 spiro atoms. The molecule has 2 aromatic rings. The average Bonchev–Trinajstić information content (AvgIpc) is 3.02. The van der Waals surface area contributed by atoms with Gasteiger partial charge in [0.2, 0.25) is 0 Å². The molecule has 1 amide bonds. The molecule has 0 unspecified atom stereocenters. The van der Waals surface area contributed by atoms with E-state index in [9.17, 15) is 18.0 Å². The molecule has 0 aliphatic rings. The van der Waals surface area contributed by atoms with Crippen molar-refractivity contribution in [2.75, 3.05) is 33.2 Å². The summed E-state index contributed by atoms with van der Waals surface area (Å²) in [7, 11) is 2.00. The van der Waals surface area contributed by atoms with Crippen LogP contribution in [0.1, 0.15) is 29.2 Å². The SMILES string of the molecule is CCN(C)CCN(CC)C(=O)c1sc(-c2ccc(OC(F)(F)F)cc2)nc1C. The van der Waals surface area contributed by atoms with Crippen LogP contribution >= 0.6 is 11.3 Å². The zero-order valence-electron chi connectivity index (χ0n) is 16.3. The number of likely N-dealkylation sites (N-methyl/N-ethyl adjacent to an activating group) is 2. The van der Waals surface area contributed by atoms with Crippen molar-refractivity contribution in [1.29, 1.82) is 0 Å². The number of ether oxygens (including phenoxy) is 1. The van der Waals surface area contributed by atoms with Crippen LogP contribution in [0.2, 0.25) is 0 Å². The second-order valence-corrected chi connectivity index (χ2v) is 7.29. The van der Waals surface area contributed by atoms with Crippen molar-refractivity contribution in [3.8, 4) is 16.3 Å². The molecule has 0 atom stereocenters. The largest absolute Gasteiger partial charge is 0.573 e. The van der Waals surface area contributed by atoms with Crippen LogP contribution in [0, 0.1) is 6.92 Å². The van der Waals surface area contributed by atoms with Gasteiger partial charge >= 0.3 is 6.36 Å². The van der Waals surface area contributed by atoms with Gasteiger partial charge in [-0.25, -0.2) is 4.98 Å². The Morgan fingerprint density at radius 3 is 2.32 bits per heavy atom. The van der Waals surface area contributed by atoms with Crippen LogP contribution in [-0.2, 0) is 0 Å². The lowest BCUT2D eigenvalue weighted by atomic mass is 10.2. The van der Waals surface area contributed by atoms with Gasteiger partial charge in [0.05, 0.1) is 5.69 Å². The second-order valence-electron chi connectivity index (χ2n) is 6.29. The topological polar surface area (TPSA) is 45.7 Å². The van der Waals surface area contributed by atoms with E-state index in [1.807, 2.05) is 14.0 Å². The molecule has 9 heteroatoms. The van der Waals surface area contributed by atoms with Crippen molar-refractivity contribution in [2.45, 2.75) is 27.1 Å². The molecular weight excluding hydrogens is 391 g/mol. The van der Waals surface area contributed by atoms with E-state index in [4.69, 9.17) is 0 Å². The van der Waals surface area contributed by atoms with E-state index < -0.39 is 6.36 Å². The van der Waals surface area contributed by atoms with E-state index in [0.717, 1.165) is 13.1 Å². The Bertz CT molecular complexity index is 791. The third-order valence-electron chi connectivity index (χ3n) is 4.29. The van der Waals surface area contributed by atoms with Crippen molar-refractivity contribution >= 4 is 17.2 Å². The van der Waals surface area contributed by atoms with Gasteiger partial charge in [0.1, 0.15) is 15.6 Å². The van der Waals surface area contributed by atoms with Crippen LogP contribution in [0.15, 0.2) is 24.3 Å². The Kier molecular flexibility index (Phi) is 7.42. The predicted octanol–water partition coefficient (Wildman–Crippen LogP) is 4.43. The molecule has 2 rings (SSSR count). The van der Waals surface area contributed by atoms with Gasteiger partial charge in [0, 0.05) is 25.2 Å². The van der Waals surface area contributed by atoms with E-state index in [2.05, 4.69) is 21.5 Å². The maximum atomic E-state index is 12.9. The number of rotatable bonds is 8. The summed E-state index contributed by atoms with van der Waals surface area (Å²) in [5.74, 6) is -0.372. The highest BCUT2D eigenvalue weighted by Crippen LogP contribution is 2.31. The normalized spacial score (nSPS) is 11.7. The lowest BCUT2D eigenvalue weighted by Gasteiger charge is -2.23. The monoisotopic (exact) mass is 415 g/mol. The molecule has 0 N–H and O–H groups in total. The molecule has 1 aromatic heterocycles. The maximum absolute atomic E-state index is 12.9. The third-order valence-corrected chi connectivity index (χ3v) is 5.48. The van der Waals surface area contributed by atoms with Gasteiger partial charge in [-0.15, -0.1) is 24.5 Å². The summed E-state index contributed by atoms with van der Waals surface area (Å²) in [5, 5.41) is 0.584. The first-order valence-electron chi connectivity index (χ1n) is 8.96. The fourth-order valence-electron chi connectivity index (χ4n) is 2.51. The fourth-order valence-corrected chi connectivity index (χ4v) is 3.55. The van der Waals surface area contributed by atoms with Gasteiger partial charge in [-0.2, -0.15) is 0 Å². The number of carbonyl (C=O) groups excluding carboxylic acids is 1. The number of hydrogen-bond acceptors (Lipinski definition) is 5. The van der Waals surface area contributed by atoms with E-state index in [0.29, 0.717) is 34.2 Å². The molecule has 0 aliphatic carbocycles. The fraction of sp³-hybridized carbons (Fsp3) is 0.474. The smallest absolute Gasteiger partial charge is 0.406 e. The number of halogens is 3. The summed E-state index contributed by atoms with van der Waals surface area (Å²) in [6, 6.07) is 5.47. The molecule has 154 valence electrons. The Morgan fingerprint density at radius 1 is 1.14 bits per heavy atom. The summed E-state index contributed by atoms with van der Waals surface area (Å²) in [6.07, 6.45) is -4.73. The number of hydrogen-bond donors (Lipinski definition) is 0. The third kappa shape index (κ3) is 5.93. The van der Waals surface area contributed by atoms with Crippen molar-refractivity contribution < 1.29 is 22.7 Å². The minimum absolute atomic E-state index is 0.0784. The second kappa shape index (κ2) is 9.38. The number of nitrogens with zero attached hydrogens (tertiary/aromatic N) is 3. The summed E-state index contributed by atoms with van der Waals surface area (Å²) in [6.45, 7) is 8.65. The predicted molar refractivity (Wildman–Crippen MR) is 104 cm³/mol. The minimum atomic E-state index is -4.73. The Hall–Kier alpha value is -2.13. The van der Waals surface area contributed by atoms with E-state index >= 15 is 0 Å². The van der Waals surface area contributed by atoms with Gasteiger partial charge in [0.15, 0.2) is 0 Å². The molecule has 0 saturated carbocycles. The zero-order chi connectivity index (χ0) is 20.9.